The van der Waals surface area contributed by atoms with Crippen molar-refractivity contribution in [1.82, 2.24) is 4.31 Å². The monoisotopic (exact) mass is 458 g/mol. The maximum atomic E-state index is 12.6. The molecule has 0 radical (unpaired) electrons. The predicted molar refractivity (Wildman–Crippen MR) is 123 cm³/mol. The number of carbonyl (C=O) groups is 2. The Balaban J connectivity index is 1.59. The van der Waals surface area contributed by atoms with Crippen molar-refractivity contribution in [2.45, 2.75) is 57.0 Å². The average Bonchev–Trinajstić information content (AvgIpc) is 3.29. The molecule has 1 atom stereocenters. The lowest BCUT2D eigenvalue weighted by atomic mass is 9.87. The first kappa shape index (κ1) is 23.9. The fraction of sp³-hybridized carbons (Fsp3) is 0.417. The van der Waals surface area contributed by atoms with E-state index in [9.17, 15) is 18.0 Å². The van der Waals surface area contributed by atoms with E-state index in [0.717, 1.165) is 18.4 Å². The van der Waals surface area contributed by atoms with Gasteiger partial charge in [0.2, 0.25) is 10.0 Å². The van der Waals surface area contributed by atoms with Gasteiger partial charge in [-0.25, -0.2) is 13.2 Å². The second-order valence-corrected chi connectivity index (χ2v) is 10.9. The fourth-order valence-corrected chi connectivity index (χ4v) is 4.94. The van der Waals surface area contributed by atoms with Gasteiger partial charge in [-0.2, -0.15) is 4.31 Å². The highest BCUT2D eigenvalue weighted by Crippen LogP contribution is 2.24. The van der Waals surface area contributed by atoms with Crippen molar-refractivity contribution >= 4 is 27.6 Å². The lowest BCUT2D eigenvalue weighted by Crippen LogP contribution is -2.30. The van der Waals surface area contributed by atoms with Gasteiger partial charge >= 0.3 is 5.97 Å². The number of anilines is 1. The number of carbonyl (C=O) groups excluding carboxylic acids is 2. The summed E-state index contributed by atoms with van der Waals surface area (Å²) in [4.78, 5) is 25.0. The van der Waals surface area contributed by atoms with Crippen LogP contribution in [0.25, 0.3) is 0 Å². The summed E-state index contributed by atoms with van der Waals surface area (Å²) >= 11 is 0. The molecule has 1 amide bonds. The zero-order valence-corrected chi connectivity index (χ0v) is 19.7. The topological polar surface area (TPSA) is 92.8 Å². The molecule has 7 nitrogen and oxygen atoms in total. The highest BCUT2D eigenvalue weighted by molar-refractivity contribution is 7.89. The van der Waals surface area contributed by atoms with Gasteiger partial charge in [0.05, 0.1) is 10.5 Å². The molecule has 1 fully saturated rings. The van der Waals surface area contributed by atoms with E-state index in [1.54, 1.807) is 0 Å². The molecule has 1 aliphatic rings. The molecule has 1 heterocycles. The summed E-state index contributed by atoms with van der Waals surface area (Å²) in [6.45, 7) is 8.84. The van der Waals surface area contributed by atoms with E-state index in [-0.39, 0.29) is 15.9 Å². The fourth-order valence-electron chi connectivity index (χ4n) is 3.42. The molecular weight excluding hydrogens is 428 g/mol. The van der Waals surface area contributed by atoms with E-state index >= 15 is 0 Å². The molecule has 32 heavy (non-hydrogen) atoms. The van der Waals surface area contributed by atoms with Gasteiger partial charge in [0.25, 0.3) is 5.91 Å². The van der Waals surface area contributed by atoms with E-state index in [4.69, 9.17) is 4.74 Å². The summed E-state index contributed by atoms with van der Waals surface area (Å²) in [5.41, 5.74) is 1.95. The molecule has 0 bridgehead atoms. The van der Waals surface area contributed by atoms with Crippen molar-refractivity contribution in [3.05, 3.63) is 59.7 Å². The van der Waals surface area contributed by atoms with Gasteiger partial charge in [-0.05, 0) is 67.1 Å². The summed E-state index contributed by atoms with van der Waals surface area (Å²) < 4.78 is 31.9. The standard InChI is InChI=1S/C24H30N2O5S/c1-17(22(27)25-20-11-9-19(10-12-20)24(2,3)4)31-23(28)18-7-13-21(14-8-18)32(29,30)26-15-5-6-16-26/h7-14,17H,5-6,15-16H2,1-4H3,(H,25,27). The number of hydrogen-bond acceptors (Lipinski definition) is 5. The number of esters is 1. The van der Waals surface area contributed by atoms with Crippen LogP contribution in [0.4, 0.5) is 5.69 Å². The highest BCUT2D eigenvalue weighted by atomic mass is 32.2. The molecule has 2 aromatic carbocycles. The van der Waals surface area contributed by atoms with E-state index in [1.165, 1.54) is 35.5 Å². The lowest BCUT2D eigenvalue weighted by Gasteiger charge is -2.19. The van der Waals surface area contributed by atoms with Crippen LogP contribution in [0.2, 0.25) is 0 Å². The van der Waals surface area contributed by atoms with Crippen LogP contribution in [0, 0.1) is 0 Å². The smallest absolute Gasteiger partial charge is 0.338 e. The van der Waals surface area contributed by atoms with Crippen LogP contribution in [0.15, 0.2) is 53.4 Å². The van der Waals surface area contributed by atoms with Gasteiger partial charge in [-0.15, -0.1) is 0 Å². The number of ether oxygens (including phenoxy) is 1. The van der Waals surface area contributed by atoms with Gasteiger partial charge in [0.15, 0.2) is 6.10 Å². The number of nitrogens with zero attached hydrogens (tertiary/aromatic N) is 1. The third-order valence-electron chi connectivity index (χ3n) is 5.46. The van der Waals surface area contributed by atoms with Crippen LogP contribution in [-0.4, -0.2) is 43.8 Å². The van der Waals surface area contributed by atoms with Crippen molar-refractivity contribution in [1.29, 1.82) is 0 Å². The number of nitrogens with one attached hydrogen (secondary N) is 1. The van der Waals surface area contributed by atoms with Crippen LogP contribution >= 0.6 is 0 Å². The Kier molecular flexibility index (Phi) is 7.05. The first-order valence-electron chi connectivity index (χ1n) is 10.7. The molecule has 2 aromatic rings. The minimum absolute atomic E-state index is 0.00865. The van der Waals surface area contributed by atoms with E-state index in [2.05, 4.69) is 26.1 Å². The number of sulfonamides is 1. The molecule has 0 aliphatic carbocycles. The van der Waals surface area contributed by atoms with Gasteiger partial charge in [0, 0.05) is 18.8 Å². The maximum Gasteiger partial charge on any atom is 0.338 e. The molecule has 1 N–H and O–H groups in total. The molecule has 8 heteroatoms. The molecule has 0 saturated carbocycles. The Morgan fingerprint density at radius 1 is 0.969 bits per heavy atom. The predicted octanol–water partition coefficient (Wildman–Crippen LogP) is 3.95. The number of amides is 1. The zero-order chi connectivity index (χ0) is 23.5. The minimum Gasteiger partial charge on any atom is -0.449 e. The zero-order valence-electron chi connectivity index (χ0n) is 18.9. The molecule has 0 aromatic heterocycles. The largest absolute Gasteiger partial charge is 0.449 e. The molecule has 1 aliphatic heterocycles. The van der Waals surface area contributed by atoms with Crippen LogP contribution in [-0.2, 0) is 25.0 Å². The Bertz CT molecular complexity index is 1060. The molecule has 3 rings (SSSR count). The maximum absolute atomic E-state index is 12.6. The first-order chi connectivity index (χ1) is 15.0. The van der Waals surface area contributed by atoms with E-state index in [0.29, 0.717) is 18.8 Å². The molecule has 1 saturated heterocycles. The molecule has 1 unspecified atom stereocenters. The second-order valence-electron chi connectivity index (χ2n) is 9.00. The summed E-state index contributed by atoms with van der Waals surface area (Å²) in [7, 11) is -3.55. The van der Waals surface area contributed by atoms with Crippen LogP contribution in [0.5, 0.6) is 0 Å². The third kappa shape index (κ3) is 5.55. The summed E-state index contributed by atoms with van der Waals surface area (Å²) in [5.74, 6) is -1.14. The Labute approximate surface area is 189 Å². The van der Waals surface area contributed by atoms with E-state index in [1.807, 2.05) is 24.3 Å². The Hall–Kier alpha value is -2.71. The SMILES string of the molecule is CC(OC(=O)c1ccc(S(=O)(=O)N2CCCC2)cc1)C(=O)Nc1ccc(C(C)(C)C)cc1. The van der Waals surface area contributed by atoms with Gasteiger partial charge in [-0.1, -0.05) is 32.9 Å². The highest BCUT2D eigenvalue weighted by Gasteiger charge is 2.27. The molecule has 0 spiro atoms. The quantitative estimate of drug-likeness (QED) is 0.662. The molecule has 172 valence electrons. The van der Waals surface area contributed by atoms with Crippen molar-refractivity contribution in [3.8, 4) is 0 Å². The number of hydrogen-bond donors (Lipinski definition) is 1. The Morgan fingerprint density at radius 3 is 2.06 bits per heavy atom. The normalized spacial score (nSPS) is 15.9. The van der Waals surface area contributed by atoms with Crippen molar-refractivity contribution in [2.75, 3.05) is 18.4 Å². The number of benzene rings is 2. The van der Waals surface area contributed by atoms with Crippen molar-refractivity contribution < 1.29 is 22.7 Å². The van der Waals surface area contributed by atoms with Crippen LogP contribution in [0.1, 0.15) is 56.5 Å². The van der Waals surface area contributed by atoms with Gasteiger partial charge < -0.3 is 10.1 Å². The average molecular weight is 459 g/mol. The summed E-state index contributed by atoms with van der Waals surface area (Å²) in [6.07, 6.45) is 0.687. The lowest BCUT2D eigenvalue weighted by molar-refractivity contribution is -0.123. The minimum atomic E-state index is -3.55. The third-order valence-corrected chi connectivity index (χ3v) is 7.38. The molecular formula is C24H30N2O5S. The van der Waals surface area contributed by atoms with E-state index < -0.39 is 28.0 Å². The second kappa shape index (κ2) is 9.42. The van der Waals surface area contributed by atoms with Crippen molar-refractivity contribution in [2.24, 2.45) is 0 Å². The Morgan fingerprint density at radius 2 is 1.53 bits per heavy atom. The van der Waals surface area contributed by atoms with Crippen molar-refractivity contribution in [3.63, 3.8) is 0 Å². The van der Waals surface area contributed by atoms with Gasteiger partial charge in [0.1, 0.15) is 0 Å². The van der Waals surface area contributed by atoms with Crippen LogP contribution in [0.3, 0.4) is 0 Å². The first-order valence-corrected chi connectivity index (χ1v) is 12.1. The summed E-state index contributed by atoms with van der Waals surface area (Å²) in [6, 6.07) is 13.1. The van der Waals surface area contributed by atoms with Crippen LogP contribution < -0.4 is 5.32 Å². The number of rotatable bonds is 6. The van der Waals surface area contributed by atoms with Gasteiger partial charge in [-0.3, -0.25) is 4.79 Å². The summed E-state index contributed by atoms with van der Waals surface area (Å²) in [5, 5.41) is 2.74.